The molecule has 7 heteroatoms. The lowest BCUT2D eigenvalue weighted by molar-refractivity contribution is -0.135. The second-order valence-electron chi connectivity index (χ2n) is 7.48. The fourth-order valence-corrected chi connectivity index (χ4v) is 3.77. The Kier molecular flexibility index (Phi) is 8.67. The minimum atomic E-state index is -0.000218. The fraction of sp³-hybridized carbons (Fsp3) is 0.435. The number of likely N-dealkylation sites (N-methyl/N-ethyl adjacent to an activating group) is 1. The Morgan fingerprint density at radius 1 is 0.967 bits per heavy atom. The van der Waals surface area contributed by atoms with Crippen LogP contribution in [-0.2, 0) is 4.79 Å². The van der Waals surface area contributed by atoms with E-state index in [1.165, 1.54) is 0 Å². The lowest BCUT2D eigenvalue weighted by Gasteiger charge is -2.36. The third-order valence-corrected chi connectivity index (χ3v) is 5.88. The molecule has 3 rings (SSSR count). The molecule has 0 bridgehead atoms. The largest absolute Gasteiger partial charge is 0.494 e. The van der Waals surface area contributed by atoms with Crippen molar-refractivity contribution in [2.24, 2.45) is 0 Å². The van der Waals surface area contributed by atoms with Crippen LogP contribution in [0, 0.1) is 0 Å². The van der Waals surface area contributed by atoms with Gasteiger partial charge in [-0.25, -0.2) is 0 Å². The van der Waals surface area contributed by atoms with Crippen LogP contribution in [0.4, 0.5) is 0 Å². The Bertz CT molecular complexity index is 791. The Morgan fingerprint density at radius 2 is 1.50 bits per heavy atom. The number of rotatable bonds is 9. The summed E-state index contributed by atoms with van der Waals surface area (Å²) in [5.41, 5.74) is 0. The van der Waals surface area contributed by atoms with Gasteiger partial charge < -0.3 is 19.3 Å². The van der Waals surface area contributed by atoms with E-state index in [9.17, 15) is 4.79 Å². The Hall–Kier alpha value is -1.95. The van der Waals surface area contributed by atoms with Crippen molar-refractivity contribution in [1.29, 1.82) is 0 Å². The molecular formula is C23H28Cl2N2O3. The van der Waals surface area contributed by atoms with Crippen molar-refractivity contribution in [3.05, 3.63) is 58.6 Å². The van der Waals surface area contributed by atoms with Gasteiger partial charge in [-0.3, -0.25) is 4.79 Å². The van der Waals surface area contributed by atoms with Crippen LogP contribution in [0.25, 0.3) is 0 Å². The van der Waals surface area contributed by atoms with E-state index in [0.29, 0.717) is 22.4 Å². The fourth-order valence-electron chi connectivity index (χ4n) is 3.52. The topological polar surface area (TPSA) is 42.0 Å². The van der Waals surface area contributed by atoms with Crippen molar-refractivity contribution in [2.75, 3.05) is 39.9 Å². The standard InChI is InChI=1S/C23H28Cl2N2O3/c1-26(23(28)17-30-22-9-5-19(25)6-10-22)20-11-14-27(15-12-20)13-2-16-29-21-7-3-18(24)4-8-21/h3-10,20H,2,11-17H2,1H3. The van der Waals surface area contributed by atoms with E-state index in [1.807, 2.05) is 36.2 Å². The van der Waals surface area contributed by atoms with Crippen LogP contribution in [0.1, 0.15) is 19.3 Å². The monoisotopic (exact) mass is 450 g/mol. The van der Waals surface area contributed by atoms with E-state index >= 15 is 0 Å². The van der Waals surface area contributed by atoms with Gasteiger partial charge in [-0.2, -0.15) is 0 Å². The van der Waals surface area contributed by atoms with Crippen LogP contribution >= 0.6 is 23.2 Å². The molecule has 2 aromatic carbocycles. The molecule has 1 saturated heterocycles. The molecule has 5 nitrogen and oxygen atoms in total. The van der Waals surface area contributed by atoms with E-state index in [4.69, 9.17) is 32.7 Å². The first kappa shape index (κ1) is 22.7. The zero-order chi connectivity index (χ0) is 21.3. The first-order chi connectivity index (χ1) is 14.5. The quantitative estimate of drug-likeness (QED) is 0.516. The molecule has 1 aliphatic heterocycles. The summed E-state index contributed by atoms with van der Waals surface area (Å²) in [6.07, 6.45) is 2.92. The number of hydrogen-bond acceptors (Lipinski definition) is 4. The highest BCUT2D eigenvalue weighted by molar-refractivity contribution is 6.30. The van der Waals surface area contributed by atoms with Gasteiger partial charge in [0, 0.05) is 42.8 Å². The number of nitrogens with zero attached hydrogens (tertiary/aromatic N) is 2. The summed E-state index contributed by atoms with van der Waals surface area (Å²) >= 11 is 11.7. The average Bonchev–Trinajstić information content (AvgIpc) is 2.77. The molecule has 0 aliphatic carbocycles. The summed E-state index contributed by atoms with van der Waals surface area (Å²) in [7, 11) is 1.87. The van der Waals surface area contributed by atoms with Crippen LogP contribution in [0.15, 0.2) is 48.5 Å². The highest BCUT2D eigenvalue weighted by Gasteiger charge is 2.25. The number of benzene rings is 2. The highest BCUT2D eigenvalue weighted by Crippen LogP contribution is 2.19. The number of hydrogen-bond donors (Lipinski definition) is 0. The Balaban J connectivity index is 1.31. The third kappa shape index (κ3) is 7.08. The minimum Gasteiger partial charge on any atom is -0.494 e. The van der Waals surface area contributed by atoms with Crippen molar-refractivity contribution >= 4 is 29.1 Å². The van der Waals surface area contributed by atoms with Gasteiger partial charge in [0.05, 0.1) is 6.61 Å². The van der Waals surface area contributed by atoms with Crippen LogP contribution in [0.3, 0.4) is 0 Å². The Labute approximate surface area is 188 Å². The first-order valence-corrected chi connectivity index (χ1v) is 11.0. The van der Waals surface area contributed by atoms with Gasteiger partial charge in [-0.15, -0.1) is 0 Å². The van der Waals surface area contributed by atoms with Crippen LogP contribution in [0.2, 0.25) is 10.0 Å². The van der Waals surface area contributed by atoms with E-state index < -0.39 is 0 Å². The summed E-state index contributed by atoms with van der Waals surface area (Å²) in [5, 5.41) is 1.36. The summed E-state index contributed by atoms with van der Waals surface area (Å²) in [4.78, 5) is 16.7. The molecule has 162 valence electrons. The number of ether oxygens (including phenoxy) is 2. The molecule has 30 heavy (non-hydrogen) atoms. The average molecular weight is 451 g/mol. The molecule has 0 atom stereocenters. The van der Waals surface area contributed by atoms with E-state index in [0.717, 1.165) is 44.6 Å². The second-order valence-corrected chi connectivity index (χ2v) is 8.35. The van der Waals surface area contributed by atoms with E-state index in [2.05, 4.69) is 4.90 Å². The van der Waals surface area contributed by atoms with Crippen molar-refractivity contribution < 1.29 is 14.3 Å². The molecule has 2 aromatic rings. The molecule has 0 unspecified atom stereocenters. The number of piperidine rings is 1. The number of carbonyl (C=O) groups excluding carboxylic acids is 1. The van der Waals surface area contributed by atoms with Gasteiger partial charge >= 0.3 is 0 Å². The summed E-state index contributed by atoms with van der Waals surface area (Å²) in [5.74, 6) is 1.50. The zero-order valence-corrected chi connectivity index (χ0v) is 18.7. The first-order valence-electron chi connectivity index (χ1n) is 10.3. The normalized spacial score (nSPS) is 15.0. The van der Waals surface area contributed by atoms with Crippen LogP contribution in [0.5, 0.6) is 11.5 Å². The molecule has 0 N–H and O–H groups in total. The highest BCUT2D eigenvalue weighted by atomic mass is 35.5. The maximum absolute atomic E-state index is 12.5. The zero-order valence-electron chi connectivity index (χ0n) is 17.2. The predicted molar refractivity (Wildman–Crippen MR) is 121 cm³/mol. The summed E-state index contributed by atoms with van der Waals surface area (Å²) in [6, 6.07) is 14.7. The smallest absolute Gasteiger partial charge is 0.260 e. The van der Waals surface area contributed by atoms with Crippen molar-refractivity contribution in [3.8, 4) is 11.5 Å². The maximum Gasteiger partial charge on any atom is 0.260 e. The Morgan fingerprint density at radius 3 is 2.07 bits per heavy atom. The number of amides is 1. The number of halogens is 2. The molecule has 1 amide bonds. The predicted octanol–water partition coefficient (Wildman–Crippen LogP) is 4.76. The van der Waals surface area contributed by atoms with Crippen molar-refractivity contribution in [2.45, 2.75) is 25.3 Å². The molecule has 0 saturated carbocycles. The van der Waals surface area contributed by atoms with Crippen LogP contribution < -0.4 is 9.47 Å². The van der Waals surface area contributed by atoms with Gasteiger partial charge in [-0.05, 0) is 67.8 Å². The molecule has 1 aliphatic rings. The summed E-state index contributed by atoms with van der Waals surface area (Å²) in [6.45, 7) is 3.70. The maximum atomic E-state index is 12.5. The van der Waals surface area contributed by atoms with Gasteiger partial charge in [0.25, 0.3) is 5.91 Å². The SMILES string of the molecule is CN(C(=O)COc1ccc(Cl)cc1)C1CCN(CCCOc2ccc(Cl)cc2)CC1. The van der Waals surface area contributed by atoms with Crippen LogP contribution in [-0.4, -0.2) is 61.6 Å². The van der Waals surface area contributed by atoms with Crippen molar-refractivity contribution in [1.82, 2.24) is 9.80 Å². The van der Waals surface area contributed by atoms with Gasteiger partial charge in [0.2, 0.25) is 0 Å². The summed E-state index contributed by atoms with van der Waals surface area (Å²) < 4.78 is 11.3. The molecule has 1 heterocycles. The third-order valence-electron chi connectivity index (χ3n) is 5.38. The molecule has 1 fully saturated rings. The second kappa shape index (κ2) is 11.4. The van der Waals surface area contributed by atoms with Crippen molar-refractivity contribution in [3.63, 3.8) is 0 Å². The number of carbonyl (C=O) groups is 1. The van der Waals surface area contributed by atoms with E-state index in [1.54, 1.807) is 24.3 Å². The molecule has 0 aromatic heterocycles. The molecular weight excluding hydrogens is 423 g/mol. The molecule has 0 radical (unpaired) electrons. The number of likely N-dealkylation sites (tertiary alicyclic amines) is 1. The van der Waals surface area contributed by atoms with Gasteiger partial charge in [0.1, 0.15) is 11.5 Å². The van der Waals surface area contributed by atoms with Gasteiger partial charge in [0.15, 0.2) is 6.61 Å². The lowest BCUT2D eigenvalue weighted by atomic mass is 10.0. The minimum absolute atomic E-state index is 0.000218. The van der Waals surface area contributed by atoms with E-state index in [-0.39, 0.29) is 18.6 Å². The molecule has 0 spiro atoms. The van der Waals surface area contributed by atoms with Gasteiger partial charge in [-0.1, -0.05) is 23.2 Å². The lowest BCUT2D eigenvalue weighted by Crippen LogP contribution is -2.47.